The van der Waals surface area contributed by atoms with Gasteiger partial charge < -0.3 is 29.9 Å². The minimum atomic E-state index is -1.73. The van der Waals surface area contributed by atoms with Crippen molar-refractivity contribution in [3.05, 3.63) is 71.2 Å². The molecule has 4 N–H and O–H groups in total. The van der Waals surface area contributed by atoms with Crippen molar-refractivity contribution in [2.24, 2.45) is 0 Å². The van der Waals surface area contributed by atoms with Crippen LogP contribution in [-0.4, -0.2) is 78.5 Å². The number of benzene rings is 2. The Morgan fingerprint density at radius 2 is 1.78 bits per heavy atom. The maximum absolute atomic E-state index is 13.7. The van der Waals surface area contributed by atoms with Gasteiger partial charge in [-0.2, -0.15) is 0 Å². The molecule has 0 aliphatic carbocycles. The number of carboxylic acids is 1. The van der Waals surface area contributed by atoms with Crippen LogP contribution in [-0.2, 0) is 20.9 Å². The predicted molar refractivity (Wildman–Crippen MR) is 120 cm³/mol. The molecular formula is C24H24F3N3O7. The molecule has 1 saturated heterocycles. The topological polar surface area (TPSA) is 147 Å². The van der Waals surface area contributed by atoms with Gasteiger partial charge in [-0.3, -0.25) is 0 Å². The number of aliphatic hydroxyl groups is 3. The Labute approximate surface area is 208 Å². The van der Waals surface area contributed by atoms with Gasteiger partial charge in [0.1, 0.15) is 36.2 Å². The number of aromatic nitrogens is 3. The normalized spacial score (nSPS) is 24.7. The Balaban J connectivity index is 1.61. The lowest BCUT2D eigenvalue weighted by molar-refractivity contribution is -0.238. The quantitative estimate of drug-likeness (QED) is 0.321. The Hall–Kier alpha value is -3.36. The third-order valence-electron chi connectivity index (χ3n) is 6.12. The van der Waals surface area contributed by atoms with Crippen molar-refractivity contribution in [3.8, 4) is 11.3 Å². The molecule has 1 aliphatic heterocycles. The molecule has 2 heterocycles. The molecule has 10 nitrogen and oxygen atoms in total. The number of aryl methyl sites for hydroxylation is 1. The van der Waals surface area contributed by atoms with E-state index in [-0.39, 0.29) is 17.9 Å². The molecule has 3 aromatic rings. The predicted octanol–water partition coefficient (Wildman–Crippen LogP) is 1.36. The zero-order valence-corrected chi connectivity index (χ0v) is 19.4. The number of carboxylic acid groups (broad SMARTS) is 1. The van der Waals surface area contributed by atoms with Gasteiger partial charge in [-0.25, -0.2) is 22.6 Å². The van der Waals surface area contributed by atoms with E-state index in [9.17, 15) is 38.4 Å². The van der Waals surface area contributed by atoms with Gasteiger partial charge in [0.05, 0.1) is 19.4 Å². The number of hydrogen-bond acceptors (Lipinski definition) is 8. The van der Waals surface area contributed by atoms with Crippen LogP contribution in [0.3, 0.4) is 0 Å². The second kappa shape index (κ2) is 10.9. The summed E-state index contributed by atoms with van der Waals surface area (Å²) in [6.07, 6.45) is -6.78. The first-order valence-corrected chi connectivity index (χ1v) is 11.2. The fourth-order valence-corrected chi connectivity index (χ4v) is 4.13. The average Bonchev–Trinajstić information content (AvgIpc) is 3.34. The maximum Gasteiger partial charge on any atom is 0.335 e. The molecule has 1 aliphatic rings. The van der Waals surface area contributed by atoms with Crippen molar-refractivity contribution in [2.75, 3.05) is 6.61 Å². The van der Waals surface area contributed by atoms with E-state index in [4.69, 9.17) is 9.47 Å². The molecule has 13 heteroatoms. The van der Waals surface area contributed by atoms with Crippen molar-refractivity contribution in [1.82, 2.24) is 15.0 Å². The first kappa shape index (κ1) is 26.7. The lowest BCUT2D eigenvalue weighted by atomic mass is 9.90. The molecule has 1 fully saturated rings. The second-order valence-electron chi connectivity index (χ2n) is 8.69. The van der Waals surface area contributed by atoms with Gasteiger partial charge in [0.15, 0.2) is 23.6 Å². The Morgan fingerprint density at radius 1 is 1.14 bits per heavy atom. The molecule has 2 aromatic carbocycles. The van der Waals surface area contributed by atoms with Crippen LogP contribution in [0, 0.1) is 24.4 Å². The van der Waals surface area contributed by atoms with Crippen LogP contribution in [0.1, 0.15) is 17.2 Å². The summed E-state index contributed by atoms with van der Waals surface area (Å²) in [6, 6.07) is 7.12. The molecule has 0 spiro atoms. The number of rotatable bonds is 8. The number of aliphatic carboxylic acids is 1. The van der Waals surface area contributed by atoms with E-state index in [1.165, 1.54) is 0 Å². The van der Waals surface area contributed by atoms with Crippen molar-refractivity contribution < 1.29 is 47.9 Å². The largest absolute Gasteiger partial charge is 0.479 e. The molecule has 37 heavy (non-hydrogen) atoms. The summed E-state index contributed by atoms with van der Waals surface area (Å²) in [5, 5.41) is 48.9. The highest BCUT2D eigenvalue weighted by molar-refractivity contribution is 5.73. The smallest absolute Gasteiger partial charge is 0.335 e. The van der Waals surface area contributed by atoms with Gasteiger partial charge in [-0.05, 0) is 24.6 Å². The summed E-state index contributed by atoms with van der Waals surface area (Å²) in [7, 11) is 0. The molecule has 198 valence electrons. The Morgan fingerprint density at radius 3 is 2.38 bits per heavy atom. The fraction of sp³-hybridized carbons (Fsp3) is 0.375. The van der Waals surface area contributed by atoms with Crippen LogP contribution in [0.5, 0.6) is 0 Å². The van der Waals surface area contributed by atoms with Gasteiger partial charge in [0.2, 0.25) is 0 Å². The van der Waals surface area contributed by atoms with Gasteiger partial charge >= 0.3 is 5.97 Å². The van der Waals surface area contributed by atoms with Crippen LogP contribution in [0.25, 0.3) is 11.3 Å². The highest BCUT2D eigenvalue weighted by Gasteiger charge is 2.50. The summed E-state index contributed by atoms with van der Waals surface area (Å²) in [5.41, 5.74) is 1.37. The minimum Gasteiger partial charge on any atom is -0.479 e. The van der Waals surface area contributed by atoms with Crippen molar-refractivity contribution in [1.29, 1.82) is 0 Å². The van der Waals surface area contributed by atoms with Gasteiger partial charge in [-0.15, -0.1) is 5.10 Å². The van der Waals surface area contributed by atoms with E-state index in [1.807, 2.05) is 19.1 Å². The number of ether oxygens (including phenoxy) is 2. The van der Waals surface area contributed by atoms with E-state index >= 15 is 0 Å². The molecule has 3 unspecified atom stereocenters. The number of halogens is 3. The highest BCUT2D eigenvalue weighted by atomic mass is 19.2. The lowest BCUT2D eigenvalue weighted by Crippen LogP contribution is -2.60. The lowest BCUT2D eigenvalue weighted by Gasteiger charge is -2.43. The zero-order valence-electron chi connectivity index (χ0n) is 19.4. The maximum atomic E-state index is 13.7. The van der Waals surface area contributed by atoms with E-state index in [0.29, 0.717) is 17.7 Å². The summed E-state index contributed by atoms with van der Waals surface area (Å²) < 4.78 is 52.7. The SMILES string of the molecule is Cc1ccc(CO[C@H](C(=O)O)[C@@H]2OC(CO)[C@H](O)C(n3cc(-c4cc(F)c(F)c(F)c4)nn3)C2O)cc1. The molecular weight excluding hydrogens is 499 g/mol. The fourth-order valence-electron chi connectivity index (χ4n) is 4.13. The summed E-state index contributed by atoms with van der Waals surface area (Å²) in [5.74, 6) is -6.03. The monoisotopic (exact) mass is 523 g/mol. The summed E-state index contributed by atoms with van der Waals surface area (Å²) in [4.78, 5) is 12.0. The van der Waals surface area contributed by atoms with Crippen molar-refractivity contribution in [2.45, 2.75) is 50.1 Å². The van der Waals surface area contributed by atoms with Crippen molar-refractivity contribution in [3.63, 3.8) is 0 Å². The number of hydrogen-bond donors (Lipinski definition) is 4. The van der Waals surface area contributed by atoms with E-state index < -0.39 is 66.6 Å². The Bertz CT molecular complexity index is 1230. The minimum absolute atomic E-state index is 0.119. The van der Waals surface area contributed by atoms with Crippen LogP contribution in [0.2, 0.25) is 0 Å². The second-order valence-corrected chi connectivity index (χ2v) is 8.69. The standard InChI is InChI=1S/C24H24F3N3O7/c1-11-2-4-12(5-3-11)10-36-23(24(34)35)22-21(33)19(20(32)17(9-31)37-22)30-8-16(28-29-30)13-6-14(25)18(27)15(26)7-13/h2-8,17,19-23,31-33H,9-10H2,1H3,(H,34,35)/t17?,19?,20-,21?,22+,23-/m0/s1. The van der Waals surface area contributed by atoms with Crippen LogP contribution in [0.4, 0.5) is 13.2 Å². The van der Waals surface area contributed by atoms with Gasteiger partial charge in [-0.1, -0.05) is 35.0 Å². The molecule has 6 atom stereocenters. The molecule has 0 saturated carbocycles. The van der Waals surface area contributed by atoms with Crippen molar-refractivity contribution >= 4 is 5.97 Å². The molecule has 4 rings (SSSR count). The molecule has 0 radical (unpaired) electrons. The number of aliphatic hydroxyl groups excluding tert-OH is 3. The van der Waals surface area contributed by atoms with Crippen LogP contribution in [0.15, 0.2) is 42.6 Å². The first-order chi connectivity index (χ1) is 17.6. The summed E-state index contributed by atoms with van der Waals surface area (Å²) in [6.45, 7) is 1.02. The highest BCUT2D eigenvalue weighted by Crippen LogP contribution is 2.33. The third-order valence-corrected chi connectivity index (χ3v) is 6.12. The molecule has 1 aromatic heterocycles. The summed E-state index contributed by atoms with van der Waals surface area (Å²) >= 11 is 0. The molecule has 0 amide bonds. The van der Waals surface area contributed by atoms with E-state index in [0.717, 1.165) is 16.4 Å². The average molecular weight is 523 g/mol. The van der Waals surface area contributed by atoms with Gasteiger partial charge in [0.25, 0.3) is 0 Å². The van der Waals surface area contributed by atoms with Crippen LogP contribution < -0.4 is 0 Å². The number of nitrogens with zero attached hydrogens (tertiary/aromatic N) is 3. The molecule has 0 bridgehead atoms. The Kier molecular flexibility index (Phi) is 7.90. The third kappa shape index (κ3) is 5.50. The van der Waals surface area contributed by atoms with Crippen LogP contribution >= 0.6 is 0 Å². The first-order valence-electron chi connectivity index (χ1n) is 11.2. The van der Waals surface area contributed by atoms with E-state index in [2.05, 4.69) is 10.3 Å². The zero-order chi connectivity index (χ0) is 26.9. The van der Waals surface area contributed by atoms with E-state index in [1.54, 1.807) is 12.1 Å². The number of carbonyl (C=O) groups is 1. The van der Waals surface area contributed by atoms with Gasteiger partial charge in [0, 0.05) is 5.56 Å².